The van der Waals surface area contributed by atoms with E-state index in [9.17, 15) is 9.90 Å². The third-order valence-corrected chi connectivity index (χ3v) is 5.03. The number of hydrogen-bond donors (Lipinski definition) is 1. The van der Waals surface area contributed by atoms with Crippen LogP contribution in [-0.2, 0) is 11.8 Å². The number of carbonyl (C=O) groups is 1. The highest BCUT2D eigenvalue weighted by Crippen LogP contribution is 2.29. The molecule has 124 valence electrons. The molecule has 0 spiro atoms. The van der Waals surface area contributed by atoms with Gasteiger partial charge in [0.05, 0.1) is 12.0 Å². The number of aromatic nitrogens is 3. The molecule has 0 radical (unpaired) electrons. The quantitative estimate of drug-likeness (QED) is 0.861. The second-order valence-corrected chi connectivity index (χ2v) is 6.03. The maximum absolute atomic E-state index is 12.7. The minimum absolute atomic E-state index is 0.0776. The smallest absolute Gasteiger partial charge is 0.231 e. The summed E-state index contributed by atoms with van der Waals surface area (Å²) in [6.45, 7) is 8.58. The van der Waals surface area contributed by atoms with Crippen molar-refractivity contribution >= 4 is 11.9 Å². The molecule has 1 N–H and O–H groups in total. The third kappa shape index (κ3) is 2.82. The standard InChI is InChI=1S/C15H27N5O2/c1-5-15(6-2,11-21)13(22)19-7-9-20(10-8-19)14-17-16-12(3)18(14)4/h21H,5-11H2,1-4H3. The molecule has 1 fully saturated rings. The van der Waals surface area contributed by atoms with Crippen molar-refractivity contribution in [3.05, 3.63) is 5.82 Å². The van der Waals surface area contributed by atoms with E-state index in [1.165, 1.54) is 0 Å². The number of nitrogens with zero attached hydrogens (tertiary/aromatic N) is 5. The topological polar surface area (TPSA) is 74.5 Å². The van der Waals surface area contributed by atoms with Gasteiger partial charge in [-0.1, -0.05) is 13.8 Å². The molecule has 0 saturated carbocycles. The molecule has 2 rings (SSSR count). The molecule has 1 aliphatic heterocycles. The van der Waals surface area contributed by atoms with E-state index in [2.05, 4.69) is 15.1 Å². The number of aryl methyl sites for hydroxylation is 1. The van der Waals surface area contributed by atoms with Crippen LogP contribution in [0, 0.1) is 12.3 Å². The highest BCUT2D eigenvalue weighted by Gasteiger charge is 2.38. The van der Waals surface area contributed by atoms with Crippen molar-refractivity contribution in [3.8, 4) is 0 Å². The molecule has 0 unspecified atom stereocenters. The maximum Gasteiger partial charge on any atom is 0.231 e. The van der Waals surface area contributed by atoms with Crippen LogP contribution in [0.5, 0.6) is 0 Å². The summed E-state index contributed by atoms with van der Waals surface area (Å²) in [6.07, 6.45) is 1.34. The summed E-state index contributed by atoms with van der Waals surface area (Å²) < 4.78 is 1.97. The van der Waals surface area contributed by atoms with Gasteiger partial charge >= 0.3 is 0 Å². The first-order chi connectivity index (χ1) is 10.5. The fourth-order valence-corrected chi connectivity index (χ4v) is 2.96. The van der Waals surface area contributed by atoms with Gasteiger partial charge in [-0.25, -0.2) is 0 Å². The van der Waals surface area contributed by atoms with Crippen LogP contribution >= 0.6 is 0 Å². The zero-order valence-corrected chi connectivity index (χ0v) is 14.0. The SMILES string of the molecule is CCC(CC)(CO)C(=O)N1CCN(c2nnc(C)n2C)CC1. The van der Waals surface area contributed by atoms with Crippen molar-refractivity contribution in [3.63, 3.8) is 0 Å². The van der Waals surface area contributed by atoms with Gasteiger partial charge in [0.1, 0.15) is 5.82 Å². The normalized spacial score (nSPS) is 16.2. The number of hydrogen-bond acceptors (Lipinski definition) is 5. The number of aliphatic hydroxyl groups is 1. The van der Waals surface area contributed by atoms with E-state index < -0.39 is 5.41 Å². The summed E-state index contributed by atoms with van der Waals surface area (Å²) in [5.74, 6) is 1.81. The number of amides is 1. The molecule has 2 heterocycles. The first kappa shape index (κ1) is 16.7. The predicted octanol–water partition coefficient (Wildman–Crippen LogP) is 0.571. The molecular weight excluding hydrogens is 282 g/mol. The molecule has 1 amide bonds. The van der Waals surface area contributed by atoms with Gasteiger partial charge in [-0.15, -0.1) is 10.2 Å². The highest BCUT2D eigenvalue weighted by atomic mass is 16.3. The van der Waals surface area contributed by atoms with E-state index in [1.807, 2.05) is 37.3 Å². The summed E-state index contributed by atoms with van der Waals surface area (Å²) in [5, 5.41) is 18.0. The van der Waals surface area contributed by atoms with Gasteiger partial charge in [0, 0.05) is 33.2 Å². The largest absolute Gasteiger partial charge is 0.395 e. The van der Waals surface area contributed by atoms with E-state index in [4.69, 9.17) is 0 Å². The Labute approximate surface area is 131 Å². The van der Waals surface area contributed by atoms with E-state index in [-0.39, 0.29) is 12.5 Å². The summed E-state index contributed by atoms with van der Waals surface area (Å²) in [7, 11) is 1.95. The lowest BCUT2D eigenvalue weighted by molar-refractivity contribution is -0.145. The summed E-state index contributed by atoms with van der Waals surface area (Å²) in [4.78, 5) is 16.8. The van der Waals surface area contributed by atoms with Crippen molar-refractivity contribution < 1.29 is 9.90 Å². The Morgan fingerprint density at radius 3 is 2.18 bits per heavy atom. The van der Waals surface area contributed by atoms with Gasteiger partial charge in [-0.2, -0.15) is 0 Å². The van der Waals surface area contributed by atoms with Gasteiger partial charge in [0.15, 0.2) is 0 Å². The second-order valence-electron chi connectivity index (χ2n) is 6.03. The molecule has 1 saturated heterocycles. The molecule has 7 heteroatoms. The van der Waals surface area contributed by atoms with E-state index in [0.29, 0.717) is 25.9 Å². The predicted molar refractivity (Wildman–Crippen MR) is 84.6 cm³/mol. The molecule has 7 nitrogen and oxygen atoms in total. The van der Waals surface area contributed by atoms with Crippen LogP contribution in [0.3, 0.4) is 0 Å². The molecule has 0 atom stereocenters. The summed E-state index contributed by atoms with van der Waals surface area (Å²) >= 11 is 0. The van der Waals surface area contributed by atoms with Crippen LogP contribution in [0.2, 0.25) is 0 Å². The van der Waals surface area contributed by atoms with Crippen molar-refractivity contribution in [1.29, 1.82) is 0 Å². The van der Waals surface area contributed by atoms with Crippen LogP contribution in [0.15, 0.2) is 0 Å². The number of rotatable bonds is 5. The van der Waals surface area contributed by atoms with Crippen LogP contribution in [-0.4, -0.2) is 63.5 Å². The Kier molecular flexibility index (Phi) is 5.05. The lowest BCUT2D eigenvalue weighted by Crippen LogP contribution is -2.54. The van der Waals surface area contributed by atoms with Crippen LogP contribution in [0.1, 0.15) is 32.5 Å². The third-order valence-electron chi connectivity index (χ3n) is 5.03. The van der Waals surface area contributed by atoms with Gasteiger partial charge in [-0.3, -0.25) is 4.79 Å². The van der Waals surface area contributed by atoms with E-state index in [0.717, 1.165) is 24.9 Å². The molecule has 1 aromatic rings. The van der Waals surface area contributed by atoms with E-state index >= 15 is 0 Å². The minimum Gasteiger partial charge on any atom is -0.395 e. The van der Waals surface area contributed by atoms with Crippen LogP contribution < -0.4 is 4.90 Å². The molecule has 0 aromatic carbocycles. The fourth-order valence-electron chi connectivity index (χ4n) is 2.96. The molecule has 1 aromatic heterocycles. The van der Waals surface area contributed by atoms with Crippen molar-refractivity contribution in [1.82, 2.24) is 19.7 Å². The fraction of sp³-hybridized carbons (Fsp3) is 0.800. The average molecular weight is 309 g/mol. The number of piperazine rings is 1. The number of aliphatic hydroxyl groups excluding tert-OH is 1. The van der Waals surface area contributed by atoms with Gasteiger partial charge in [-0.05, 0) is 19.8 Å². The minimum atomic E-state index is -0.621. The van der Waals surface area contributed by atoms with Gasteiger partial charge < -0.3 is 19.5 Å². The molecule has 0 bridgehead atoms. The van der Waals surface area contributed by atoms with Gasteiger partial charge in [0.25, 0.3) is 0 Å². The lowest BCUT2D eigenvalue weighted by Gasteiger charge is -2.40. The summed E-state index contributed by atoms with van der Waals surface area (Å²) in [5.41, 5.74) is -0.621. The van der Waals surface area contributed by atoms with Crippen molar-refractivity contribution in [2.24, 2.45) is 12.5 Å². The van der Waals surface area contributed by atoms with Gasteiger partial charge in [0.2, 0.25) is 11.9 Å². The molecule has 0 aliphatic carbocycles. The van der Waals surface area contributed by atoms with Crippen molar-refractivity contribution in [2.45, 2.75) is 33.6 Å². The first-order valence-electron chi connectivity index (χ1n) is 8.00. The summed E-state index contributed by atoms with van der Waals surface area (Å²) in [6, 6.07) is 0. The van der Waals surface area contributed by atoms with Crippen molar-refractivity contribution in [2.75, 3.05) is 37.7 Å². The Balaban J connectivity index is 2.03. The molecule has 1 aliphatic rings. The monoisotopic (exact) mass is 309 g/mol. The lowest BCUT2D eigenvalue weighted by atomic mass is 9.81. The second kappa shape index (κ2) is 6.64. The van der Waals surface area contributed by atoms with Crippen LogP contribution in [0.25, 0.3) is 0 Å². The Bertz CT molecular complexity index is 508. The average Bonchev–Trinajstić information content (AvgIpc) is 2.89. The zero-order valence-electron chi connectivity index (χ0n) is 14.0. The molecular formula is C15H27N5O2. The first-order valence-corrected chi connectivity index (χ1v) is 8.00. The number of carbonyl (C=O) groups excluding carboxylic acids is 1. The maximum atomic E-state index is 12.7. The Hall–Kier alpha value is -1.63. The van der Waals surface area contributed by atoms with E-state index in [1.54, 1.807) is 0 Å². The number of anilines is 1. The highest BCUT2D eigenvalue weighted by molar-refractivity contribution is 5.83. The molecule has 22 heavy (non-hydrogen) atoms. The Morgan fingerprint density at radius 2 is 1.77 bits per heavy atom. The van der Waals surface area contributed by atoms with Crippen LogP contribution in [0.4, 0.5) is 5.95 Å². The zero-order chi connectivity index (χ0) is 16.3. The Morgan fingerprint density at radius 1 is 1.18 bits per heavy atom.